The Kier molecular flexibility index (Phi) is 5.94. The van der Waals surface area contributed by atoms with E-state index >= 15 is 0 Å². The highest BCUT2D eigenvalue weighted by Crippen LogP contribution is 2.56. The van der Waals surface area contributed by atoms with Crippen molar-refractivity contribution in [3.63, 3.8) is 0 Å². The minimum Gasteiger partial charge on any atom is -0.398 e. The quantitative estimate of drug-likeness (QED) is 0.256. The number of thioether (sulfide) groups is 1. The van der Waals surface area contributed by atoms with Gasteiger partial charge < -0.3 is 5.73 Å². The molecule has 0 fully saturated rings. The first-order valence-electron chi connectivity index (χ1n) is 6.63. The molecule has 0 aliphatic rings. The van der Waals surface area contributed by atoms with E-state index in [-0.39, 0.29) is 25.8 Å². The smallest absolute Gasteiger partial charge is 0.398 e. The van der Waals surface area contributed by atoms with Crippen molar-refractivity contribution in [1.82, 2.24) is 0 Å². The summed E-state index contributed by atoms with van der Waals surface area (Å²) < 4.78 is 91.9. The molecule has 2 N–H and O–H groups in total. The SMILES string of the molecule is Nc1ccccc1-c1c(Br)cc(Br)cc1SC(F)(F)C(F)(F)C(F)(F)F. The number of anilines is 1. The Hall–Kier alpha value is -0.940. The molecule has 11 heteroatoms. The second kappa shape index (κ2) is 7.23. The molecular formula is C15H8Br2F7NS. The molecule has 0 heterocycles. The van der Waals surface area contributed by atoms with E-state index in [1.165, 1.54) is 24.3 Å². The number of rotatable bonds is 4. The molecule has 0 aliphatic carbocycles. The monoisotopic (exact) mass is 525 g/mol. The lowest BCUT2D eigenvalue weighted by Crippen LogP contribution is -2.49. The average Bonchev–Trinajstić information content (AvgIpc) is 2.46. The van der Waals surface area contributed by atoms with Crippen molar-refractivity contribution >= 4 is 49.3 Å². The molecule has 2 aromatic rings. The van der Waals surface area contributed by atoms with Gasteiger partial charge in [-0.15, -0.1) is 0 Å². The molecule has 0 aliphatic heterocycles. The van der Waals surface area contributed by atoms with E-state index in [0.717, 1.165) is 6.07 Å². The van der Waals surface area contributed by atoms with Crippen molar-refractivity contribution in [3.05, 3.63) is 45.3 Å². The first-order valence-corrected chi connectivity index (χ1v) is 9.03. The summed E-state index contributed by atoms with van der Waals surface area (Å²) in [5, 5.41) is -5.44. The number of nitrogens with two attached hydrogens (primary N) is 1. The molecular weight excluding hydrogens is 519 g/mol. The van der Waals surface area contributed by atoms with Crippen LogP contribution in [-0.2, 0) is 0 Å². The summed E-state index contributed by atoms with van der Waals surface area (Å²) in [6.07, 6.45) is -6.40. The van der Waals surface area contributed by atoms with Crippen LogP contribution in [0.2, 0.25) is 0 Å². The molecule has 0 unspecified atom stereocenters. The summed E-state index contributed by atoms with van der Waals surface area (Å²) >= 11 is 5.24. The van der Waals surface area contributed by atoms with Crippen molar-refractivity contribution in [2.24, 2.45) is 0 Å². The van der Waals surface area contributed by atoms with E-state index in [9.17, 15) is 30.7 Å². The molecule has 142 valence electrons. The van der Waals surface area contributed by atoms with Gasteiger partial charge in [0, 0.05) is 30.7 Å². The number of hydrogen-bond acceptors (Lipinski definition) is 2. The average molecular weight is 527 g/mol. The highest BCUT2D eigenvalue weighted by atomic mass is 79.9. The zero-order valence-electron chi connectivity index (χ0n) is 12.4. The Labute approximate surface area is 164 Å². The standard InChI is InChI=1S/C15H8Br2F7NS/c16-7-5-9(17)12(8-3-1-2-4-10(8)25)11(6-7)26-15(23,24)13(18,19)14(20,21)22/h1-6H,25H2. The predicted octanol–water partition coefficient (Wildman–Crippen LogP) is 7.34. The van der Waals surface area contributed by atoms with E-state index in [4.69, 9.17) is 5.73 Å². The van der Waals surface area contributed by atoms with Gasteiger partial charge >= 0.3 is 17.4 Å². The second-order valence-corrected chi connectivity index (χ2v) is 7.97. The lowest BCUT2D eigenvalue weighted by atomic mass is 10.0. The summed E-state index contributed by atoms with van der Waals surface area (Å²) in [7, 11) is 0. The van der Waals surface area contributed by atoms with E-state index in [2.05, 4.69) is 31.9 Å². The van der Waals surface area contributed by atoms with Crippen LogP contribution in [0.3, 0.4) is 0 Å². The Bertz CT molecular complexity index is 824. The molecule has 0 radical (unpaired) electrons. The van der Waals surface area contributed by atoms with E-state index < -0.39 is 34.0 Å². The van der Waals surface area contributed by atoms with Gasteiger partial charge in [-0.1, -0.05) is 50.1 Å². The highest BCUT2D eigenvalue weighted by Gasteiger charge is 2.73. The lowest BCUT2D eigenvalue weighted by Gasteiger charge is -2.28. The summed E-state index contributed by atoms with van der Waals surface area (Å²) in [4.78, 5) is -0.502. The molecule has 0 saturated heterocycles. The third kappa shape index (κ3) is 3.99. The molecule has 0 bridgehead atoms. The minimum atomic E-state index is -6.40. The first kappa shape index (κ1) is 21.4. The maximum Gasteiger partial charge on any atom is 0.460 e. The topological polar surface area (TPSA) is 26.0 Å². The number of hydrogen-bond donors (Lipinski definition) is 1. The van der Waals surface area contributed by atoms with Gasteiger partial charge in [-0.25, -0.2) is 0 Å². The van der Waals surface area contributed by atoms with Crippen molar-refractivity contribution in [1.29, 1.82) is 0 Å². The number of halogens is 9. The van der Waals surface area contributed by atoms with Crippen LogP contribution in [0.1, 0.15) is 0 Å². The van der Waals surface area contributed by atoms with Crippen LogP contribution in [0.4, 0.5) is 36.4 Å². The molecule has 0 atom stereocenters. The fraction of sp³-hybridized carbons (Fsp3) is 0.200. The van der Waals surface area contributed by atoms with Crippen LogP contribution < -0.4 is 5.73 Å². The predicted molar refractivity (Wildman–Crippen MR) is 93.5 cm³/mol. The Morgan fingerprint density at radius 2 is 1.46 bits per heavy atom. The summed E-state index contributed by atoms with van der Waals surface area (Å²) in [6, 6.07) is 8.43. The molecule has 2 aromatic carbocycles. The normalized spacial score (nSPS) is 13.1. The van der Waals surface area contributed by atoms with Gasteiger partial charge in [0.05, 0.1) is 0 Å². The van der Waals surface area contributed by atoms with Crippen LogP contribution >= 0.6 is 43.6 Å². The third-order valence-electron chi connectivity index (χ3n) is 3.21. The molecule has 0 saturated carbocycles. The number of para-hydroxylation sites is 1. The van der Waals surface area contributed by atoms with Crippen molar-refractivity contribution < 1.29 is 30.7 Å². The van der Waals surface area contributed by atoms with Gasteiger partial charge in [-0.3, -0.25) is 0 Å². The fourth-order valence-electron chi connectivity index (χ4n) is 1.98. The molecule has 0 amide bonds. The highest BCUT2D eigenvalue weighted by molar-refractivity contribution is 9.11. The Morgan fingerprint density at radius 3 is 2.00 bits per heavy atom. The summed E-state index contributed by atoms with van der Waals surface area (Å²) in [5.41, 5.74) is 6.12. The summed E-state index contributed by atoms with van der Waals surface area (Å²) in [5.74, 6) is -6.22. The number of alkyl halides is 7. The molecule has 0 spiro atoms. The van der Waals surface area contributed by atoms with Crippen LogP contribution in [0.25, 0.3) is 11.1 Å². The van der Waals surface area contributed by atoms with Gasteiger partial charge in [0.2, 0.25) is 0 Å². The summed E-state index contributed by atoms with van der Waals surface area (Å²) in [6.45, 7) is 0. The molecule has 2 rings (SSSR count). The Morgan fingerprint density at radius 1 is 0.885 bits per heavy atom. The first-order chi connectivity index (χ1) is 11.8. The van der Waals surface area contributed by atoms with Crippen LogP contribution in [-0.4, -0.2) is 17.4 Å². The van der Waals surface area contributed by atoms with Crippen molar-refractivity contribution in [2.75, 3.05) is 5.73 Å². The van der Waals surface area contributed by atoms with E-state index in [1.807, 2.05) is 0 Å². The van der Waals surface area contributed by atoms with Gasteiger partial charge in [-0.05, 0) is 30.0 Å². The van der Waals surface area contributed by atoms with Gasteiger partial charge in [0.1, 0.15) is 0 Å². The minimum absolute atomic E-state index is 0.0195. The molecule has 26 heavy (non-hydrogen) atoms. The van der Waals surface area contributed by atoms with Crippen molar-refractivity contribution in [2.45, 2.75) is 22.2 Å². The van der Waals surface area contributed by atoms with Crippen LogP contribution in [0.15, 0.2) is 50.2 Å². The zero-order chi connectivity index (χ0) is 19.9. The third-order valence-corrected chi connectivity index (χ3v) is 5.35. The Balaban J connectivity index is 2.63. The van der Waals surface area contributed by atoms with Gasteiger partial charge in [-0.2, -0.15) is 30.7 Å². The zero-order valence-corrected chi connectivity index (χ0v) is 16.3. The maximum absolute atomic E-state index is 13.9. The second-order valence-electron chi connectivity index (χ2n) is 5.04. The van der Waals surface area contributed by atoms with Crippen LogP contribution in [0, 0.1) is 0 Å². The van der Waals surface area contributed by atoms with E-state index in [0.29, 0.717) is 0 Å². The van der Waals surface area contributed by atoms with Crippen molar-refractivity contribution in [3.8, 4) is 11.1 Å². The largest absolute Gasteiger partial charge is 0.460 e. The van der Waals surface area contributed by atoms with Gasteiger partial charge in [0.15, 0.2) is 0 Å². The maximum atomic E-state index is 13.9. The van der Waals surface area contributed by atoms with Gasteiger partial charge in [0.25, 0.3) is 0 Å². The lowest BCUT2D eigenvalue weighted by molar-refractivity contribution is -0.330. The number of nitrogen functional groups attached to an aromatic ring is 1. The number of benzene rings is 2. The fourth-order valence-corrected chi connectivity index (χ4v) is 4.73. The van der Waals surface area contributed by atoms with E-state index in [1.54, 1.807) is 6.07 Å². The molecule has 0 aromatic heterocycles. The van der Waals surface area contributed by atoms with Crippen LogP contribution in [0.5, 0.6) is 0 Å². The molecule has 1 nitrogen and oxygen atoms in total.